The minimum Gasteiger partial charge on any atom is -0.481 e. The highest BCUT2D eigenvalue weighted by molar-refractivity contribution is 7.10. The number of thiazole rings is 1. The zero-order valence-electron chi connectivity index (χ0n) is 16.2. The quantitative estimate of drug-likeness (QED) is 0.593. The number of nitrogens with one attached hydrogen (secondary N) is 1. The van der Waals surface area contributed by atoms with E-state index in [1.165, 1.54) is 11.3 Å². The van der Waals surface area contributed by atoms with Crippen molar-refractivity contribution in [2.75, 3.05) is 6.54 Å². The Hall–Kier alpha value is -2.70. The van der Waals surface area contributed by atoms with Gasteiger partial charge in [-0.3, -0.25) is 9.59 Å². The highest BCUT2D eigenvalue weighted by atomic mass is 35.5. The molecule has 1 fully saturated rings. The third kappa shape index (κ3) is 3.73. The van der Waals surface area contributed by atoms with Crippen molar-refractivity contribution < 1.29 is 14.7 Å². The number of aliphatic carboxylic acids is 1. The summed E-state index contributed by atoms with van der Waals surface area (Å²) in [4.78, 5) is 30.2. The van der Waals surface area contributed by atoms with Crippen molar-refractivity contribution in [1.82, 2.24) is 10.3 Å². The number of carbonyl (C=O) groups is 2. The number of nitrogens with zero attached hydrogens (tertiary/aromatic N) is 1. The average Bonchev–Trinajstić information content (AvgIpc) is 3.17. The maximum absolute atomic E-state index is 13.4. The van der Waals surface area contributed by atoms with Gasteiger partial charge >= 0.3 is 5.97 Å². The van der Waals surface area contributed by atoms with Crippen LogP contribution in [-0.4, -0.2) is 28.5 Å². The smallest absolute Gasteiger partial charge is 0.304 e. The summed E-state index contributed by atoms with van der Waals surface area (Å²) in [6.45, 7) is 0.520. The maximum Gasteiger partial charge on any atom is 0.304 e. The Balaban J connectivity index is 1.90. The molecule has 0 aliphatic carbocycles. The average molecular weight is 441 g/mol. The van der Waals surface area contributed by atoms with Crippen molar-refractivity contribution >= 4 is 34.8 Å². The topological polar surface area (TPSA) is 79.3 Å². The number of benzene rings is 2. The fraction of sp³-hybridized carbons (Fsp3) is 0.261. The molecule has 4 rings (SSSR count). The molecule has 2 N–H and O–H groups in total. The van der Waals surface area contributed by atoms with Crippen LogP contribution in [0.2, 0.25) is 5.02 Å². The molecule has 154 valence electrons. The summed E-state index contributed by atoms with van der Waals surface area (Å²) in [6.07, 6.45) is 1.14. The van der Waals surface area contributed by atoms with Crippen molar-refractivity contribution in [3.05, 3.63) is 75.6 Å². The van der Waals surface area contributed by atoms with Crippen molar-refractivity contribution in [2.45, 2.75) is 30.6 Å². The number of halogens is 1. The van der Waals surface area contributed by atoms with Crippen LogP contribution in [0.3, 0.4) is 0 Å². The second-order valence-corrected chi connectivity index (χ2v) is 8.69. The van der Waals surface area contributed by atoms with Crippen LogP contribution in [0.1, 0.15) is 35.8 Å². The third-order valence-electron chi connectivity index (χ3n) is 5.62. The molecule has 0 bridgehead atoms. The molecule has 2 atom stereocenters. The Morgan fingerprint density at radius 3 is 2.67 bits per heavy atom. The minimum absolute atomic E-state index is 0.281. The van der Waals surface area contributed by atoms with Crippen LogP contribution in [0.4, 0.5) is 0 Å². The first-order chi connectivity index (χ1) is 14.5. The second kappa shape index (κ2) is 8.58. The lowest BCUT2D eigenvalue weighted by Gasteiger charge is -2.35. The molecule has 0 saturated carbocycles. The van der Waals surface area contributed by atoms with Gasteiger partial charge in [-0.15, -0.1) is 11.3 Å². The van der Waals surface area contributed by atoms with Crippen LogP contribution in [0.25, 0.3) is 11.3 Å². The van der Waals surface area contributed by atoms with E-state index < -0.39 is 11.4 Å². The molecule has 2 heterocycles. The van der Waals surface area contributed by atoms with E-state index in [-0.39, 0.29) is 18.2 Å². The number of carboxylic acids is 1. The molecular weight excluding hydrogens is 420 g/mol. The van der Waals surface area contributed by atoms with Gasteiger partial charge in [0, 0.05) is 28.4 Å². The highest BCUT2D eigenvalue weighted by Crippen LogP contribution is 2.48. The summed E-state index contributed by atoms with van der Waals surface area (Å²) in [5, 5.41) is 15.7. The molecule has 1 aromatic heterocycles. The van der Waals surface area contributed by atoms with E-state index in [1.807, 2.05) is 53.9 Å². The van der Waals surface area contributed by atoms with Crippen LogP contribution >= 0.6 is 22.9 Å². The molecule has 1 amide bonds. The van der Waals surface area contributed by atoms with E-state index in [4.69, 9.17) is 16.6 Å². The number of carbonyl (C=O) groups excluding carboxylic acids is 1. The predicted octanol–water partition coefficient (Wildman–Crippen LogP) is 4.87. The summed E-state index contributed by atoms with van der Waals surface area (Å²) in [5.74, 6) is -1.60. The van der Waals surface area contributed by atoms with Gasteiger partial charge in [-0.05, 0) is 24.5 Å². The van der Waals surface area contributed by atoms with Gasteiger partial charge in [0.25, 0.3) is 0 Å². The normalized spacial score (nSPS) is 21.6. The van der Waals surface area contributed by atoms with Crippen molar-refractivity contribution in [3.63, 3.8) is 0 Å². The molecule has 7 heteroatoms. The van der Waals surface area contributed by atoms with Gasteiger partial charge < -0.3 is 10.4 Å². The van der Waals surface area contributed by atoms with Gasteiger partial charge in [0.15, 0.2) is 0 Å². The molecule has 30 heavy (non-hydrogen) atoms. The Bertz CT molecular complexity index is 1070. The highest BCUT2D eigenvalue weighted by Gasteiger charge is 2.52. The maximum atomic E-state index is 13.4. The third-order valence-corrected chi connectivity index (χ3v) is 6.97. The zero-order chi connectivity index (χ0) is 21.1. The lowest BCUT2D eigenvalue weighted by molar-refractivity contribution is -0.142. The Morgan fingerprint density at radius 1 is 1.20 bits per heavy atom. The van der Waals surface area contributed by atoms with Gasteiger partial charge in [-0.2, -0.15) is 0 Å². The lowest BCUT2D eigenvalue weighted by atomic mass is 9.68. The summed E-state index contributed by atoms with van der Waals surface area (Å²) >= 11 is 7.66. The van der Waals surface area contributed by atoms with Crippen LogP contribution in [0.15, 0.2) is 60.0 Å². The first kappa shape index (κ1) is 20.6. The zero-order valence-corrected chi connectivity index (χ0v) is 17.7. The minimum atomic E-state index is -1.28. The van der Waals surface area contributed by atoms with Gasteiger partial charge in [0.2, 0.25) is 5.91 Å². The van der Waals surface area contributed by atoms with Crippen LogP contribution in [0, 0.1) is 0 Å². The monoisotopic (exact) mass is 440 g/mol. The SMILES string of the molecule is O=C(O)C[C@@]1(c2nc(-c3ccccc3Cl)cs2)C(=O)NCCC[C@H]1c1ccccc1. The molecule has 1 aliphatic rings. The number of hydrogen-bond acceptors (Lipinski definition) is 4. The van der Waals surface area contributed by atoms with E-state index in [9.17, 15) is 14.7 Å². The molecule has 5 nitrogen and oxygen atoms in total. The van der Waals surface area contributed by atoms with Crippen LogP contribution < -0.4 is 5.32 Å². The Kier molecular flexibility index (Phi) is 5.88. The first-order valence-corrected chi connectivity index (χ1v) is 11.0. The number of hydrogen-bond donors (Lipinski definition) is 2. The molecule has 2 aromatic carbocycles. The number of carboxylic acid groups (broad SMARTS) is 1. The van der Waals surface area contributed by atoms with Crippen molar-refractivity contribution in [3.8, 4) is 11.3 Å². The van der Waals surface area contributed by atoms with Crippen molar-refractivity contribution in [1.29, 1.82) is 0 Å². The van der Waals surface area contributed by atoms with E-state index in [1.54, 1.807) is 6.07 Å². The Morgan fingerprint density at radius 2 is 1.93 bits per heavy atom. The van der Waals surface area contributed by atoms with Gasteiger partial charge in [-0.25, -0.2) is 4.98 Å². The van der Waals surface area contributed by atoms with E-state index in [0.717, 1.165) is 17.5 Å². The van der Waals surface area contributed by atoms with Crippen LogP contribution in [-0.2, 0) is 15.0 Å². The number of amides is 1. The Labute approximate surface area is 183 Å². The van der Waals surface area contributed by atoms with E-state index in [2.05, 4.69) is 5.32 Å². The molecule has 3 aromatic rings. The summed E-state index contributed by atoms with van der Waals surface area (Å²) in [7, 11) is 0. The van der Waals surface area contributed by atoms with Gasteiger partial charge in [0.05, 0.1) is 12.1 Å². The molecule has 0 unspecified atom stereocenters. The lowest BCUT2D eigenvalue weighted by Crippen LogP contribution is -2.48. The molecule has 0 radical (unpaired) electrons. The largest absolute Gasteiger partial charge is 0.481 e. The van der Waals surface area contributed by atoms with Crippen molar-refractivity contribution in [2.24, 2.45) is 0 Å². The van der Waals surface area contributed by atoms with Crippen LogP contribution in [0.5, 0.6) is 0 Å². The van der Waals surface area contributed by atoms with E-state index >= 15 is 0 Å². The molecule has 1 saturated heterocycles. The van der Waals surface area contributed by atoms with E-state index in [0.29, 0.717) is 28.7 Å². The molecule has 0 spiro atoms. The summed E-state index contributed by atoms with van der Waals surface area (Å²) in [6, 6.07) is 17.0. The number of aromatic nitrogens is 1. The number of rotatable bonds is 5. The second-order valence-electron chi connectivity index (χ2n) is 7.42. The standard InChI is InChI=1S/C23H21ClN2O3S/c24-18-11-5-4-9-16(18)19-14-30-22(26-19)23(13-20(27)28)17(10-6-12-25-21(23)29)15-7-2-1-3-8-15/h1-5,7-9,11,14,17H,6,10,12-13H2,(H,25,29)(H,27,28)/t17-,23-/m0/s1. The molecule has 1 aliphatic heterocycles. The first-order valence-electron chi connectivity index (χ1n) is 9.78. The summed E-state index contributed by atoms with van der Waals surface area (Å²) in [5.41, 5.74) is 1.07. The fourth-order valence-electron chi connectivity index (χ4n) is 4.24. The predicted molar refractivity (Wildman–Crippen MR) is 118 cm³/mol. The van der Waals surface area contributed by atoms with Gasteiger partial charge in [-0.1, -0.05) is 60.1 Å². The molecular formula is C23H21ClN2O3S. The fourth-order valence-corrected chi connectivity index (χ4v) is 5.55. The van der Waals surface area contributed by atoms with Gasteiger partial charge in [0.1, 0.15) is 10.4 Å². The summed E-state index contributed by atoms with van der Waals surface area (Å²) < 4.78 is 0.